The summed E-state index contributed by atoms with van der Waals surface area (Å²) in [6, 6.07) is 33.4. The van der Waals surface area contributed by atoms with E-state index in [0.717, 1.165) is 111 Å². The Kier molecular flexibility index (Phi) is 29.6. The van der Waals surface area contributed by atoms with Crippen LogP contribution in [0.5, 0.6) is 24.0 Å². The SMILES string of the molecule is COCCOc1nc(N)c2[nH]c(=O)n(Cc3cccc(CN4CC(C)CC(C)C4)c3)c2n1.COCCOc1nc(N)c2[nH]c(=O)n(Cc3cccc(CN4CCN(C)CC4)c3)c2n1.COCCOc1nc(N)c2[nH]c(=O)n(Cc3cccc(CNCC4CC4)c3)c2n1.COCCOc1nc(N)c2[nH]c(=O)n(Cc3cccc(Cn4ccnc4)c3)c2n1. The van der Waals surface area contributed by atoms with Crippen molar-refractivity contribution in [1.82, 2.24) is 108 Å². The largest absolute Gasteiger partial charge is 0.461 e. The van der Waals surface area contributed by atoms with Crippen LogP contribution in [0.3, 0.4) is 0 Å². The van der Waals surface area contributed by atoms with Gasteiger partial charge in [0.05, 0.1) is 58.9 Å². The number of ether oxygens (including phenoxy) is 8. The molecule has 13 N–H and O–H groups in total. The number of nitrogen functional groups attached to an aromatic ring is 4. The minimum Gasteiger partial charge on any atom is -0.461 e. The van der Waals surface area contributed by atoms with Gasteiger partial charge in [-0.25, -0.2) is 24.2 Å². The number of H-pyrrole nitrogens is 4. The summed E-state index contributed by atoms with van der Waals surface area (Å²) in [5.41, 5.74) is 35.0. The zero-order chi connectivity index (χ0) is 84.9. The lowest BCUT2D eigenvalue weighted by molar-refractivity contribution is 0.134. The van der Waals surface area contributed by atoms with Crippen LogP contribution in [-0.4, -0.2) is 236 Å². The van der Waals surface area contributed by atoms with E-state index in [4.69, 9.17) is 60.8 Å². The van der Waals surface area contributed by atoms with Crippen molar-refractivity contribution in [1.29, 1.82) is 0 Å². The molecule has 121 heavy (non-hydrogen) atoms. The topological polar surface area (TPSA) is 472 Å². The number of aromatic amines is 4. The number of fused-ring (bicyclic) bond motifs is 4. The highest BCUT2D eigenvalue weighted by atomic mass is 16.5. The number of likely N-dealkylation sites (tertiary alicyclic amines) is 1. The van der Waals surface area contributed by atoms with Crippen molar-refractivity contribution in [3.63, 3.8) is 0 Å². The van der Waals surface area contributed by atoms with Crippen molar-refractivity contribution in [2.24, 2.45) is 17.8 Å². The first-order chi connectivity index (χ1) is 58.7. The smallest absolute Gasteiger partial charge is 0.328 e. The van der Waals surface area contributed by atoms with Gasteiger partial charge in [-0.3, -0.25) is 28.1 Å². The number of piperazine rings is 1. The van der Waals surface area contributed by atoms with E-state index in [1.165, 1.54) is 40.5 Å². The van der Waals surface area contributed by atoms with E-state index in [0.29, 0.717) is 124 Å². The molecule has 3 fully saturated rings. The molecule has 3 aliphatic rings. The first-order valence-electron chi connectivity index (χ1n) is 40.4. The van der Waals surface area contributed by atoms with E-state index < -0.39 is 0 Å². The number of aromatic nitrogens is 18. The Hall–Kier alpha value is -12.4. The van der Waals surface area contributed by atoms with E-state index in [1.54, 1.807) is 54.7 Å². The number of anilines is 4. The Labute approximate surface area is 696 Å². The Balaban J connectivity index is 0.000000139. The summed E-state index contributed by atoms with van der Waals surface area (Å²) in [4.78, 5) is 107. The summed E-state index contributed by atoms with van der Waals surface area (Å²) < 4.78 is 50.0. The Bertz CT molecular complexity index is 5810. The lowest BCUT2D eigenvalue weighted by Gasteiger charge is -2.35. The molecule has 1 aliphatic carbocycles. The van der Waals surface area contributed by atoms with Gasteiger partial charge in [-0.1, -0.05) is 111 Å². The molecule has 0 spiro atoms. The quantitative estimate of drug-likeness (QED) is 0.0238. The number of nitrogens with two attached hydrogens (primary N) is 4. The van der Waals surface area contributed by atoms with Crippen LogP contribution in [0.25, 0.3) is 44.7 Å². The molecule has 38 heteroatoms. The monoisotopic (exact) mass is 1660 g/mol. The summed E-state index contributed by atoms with van der Waals surface area (Å²) in [6.45, 7) is 19.8. The molecule has 1 saturated carbocycles. The fraction of sp³-hybridized carbons (Fsp3) is 0.434. The highest BCUT2D eigenvalue weighted by molar-refractivity contribution is 5.84. The molecule has 13 aromatic rings. The number of nitrogens with one attached hydrogen (secondary N) is 5. The third-order valence-corrected chi connectivity index (χ3v) is 20.7. The zero-order valence-electron chi connectivity index (χ0n) is 69.4. The number of hydrogen-bond donors (Lipinski definition) is 9. The lowest BCUT2D eigenvalue weighted by atomic mass is 9.91. The minimum absolute atomic E-state index is 0.105. The normalized spacial score (nSPS) is 15.1. The third-order valence-electron chi connectivity index (χ3n) is 20.7. The number of piperidine rings is 1. The van der Waals surface area contributed by atoms with Gasteiger partial charge in [-0.2, -0.15) is 39.9 Å². The van der Waals surface area contributed by atoms with Crippen molar-refractivity contribution < 1.29 is 37.9 Å². The van der Waals surface area contributed by atoms with E-state index >= 15 is 0 Å². The number of rotatable bonds is 34. The number of hydrogen-bond acceptors (Lipinski definition) is 29. The molecule has 2 aliphatic heterocycles. The molecule has 2 saturated heterocycles. The summed E-state index contributed by atoms with van der Waals surface area (Å²) in [5.74, 6) is 2.98. The number of nitrogens with zero attached hydrogens (tertiary/aromatic N) is 17. The summed E-state index contributed by atoms with van der Waals surface area (Å²) in [6.07, 6.45) is 9.37. The Morgan fingerprint density at radius 2 is 0.736 bits per heavy atom. The fourth-order valence-corrected chi connectivity index (χ4v) is 14.7. The molecule has 2 atom stereocenters. The van der Waals surface area contributed by atoms with Crippen LogP contribution in [-0.2, 0) is 71.3 Å². The second-order valence-electron chi connectivity index (χ2n) is 30.6. The van der Waals surface area contributed by atoms with Crippen LogP contribution in [0, 0.1) is 17.8 Å². The van der Waals surface area contributed by atoms with Gasteiger partial charge in [-0.05, 0) is 95.1 Å². The Morgan fingerprint density at radius 3 is 1.07 bits per heavy atom. The lowest BCUT2D eigenvalue weighted by Crippen LogP contribution is -2.43. The van der Waals surface area contributed by atoms with Gasteiger partial charge in [0.1, 0.15) is 48.5 Å². The van der Waals surface area contributed by atoms with E-state index in [9.17, 15) is 19.2 Å². The van der Waals surface area contributed by atoms with Gasteiger partial charge in [0, 0.05) is 106 Å². The summed E-state index contributed by atoms with van der Waals surface area (Å²) >= 11 is 0. The second kappa shape index (κ2) is 41.5. The van der Waals surface area contributed by atoms with Crippen LogP contribution < -0.4 is 70.0 Å². The fourth-order valence-electron chi connectivity index (χ4n) is 14.7. The van der Waals surface area contributed by atoms with E-state index in [1.807, 2.05) is 71.4 Å². The average molecular weight is 1660 g/mol. The predicted molar refractivity (Wildman–Crippen MR) is 459 cm³/mol. The maximum atomic E-state index is 12.7. The molecule has 9 aromatic heterocycles. The van der Waals surface area contributed by atoms with Crippen LogP contribution in [0.4, 0.5) is 23.3 Å². The van der Waals surface area contributed by atoms with Crippen LogP contribution in [0.2, 0.25) is 0 Å². The standard InChI is InChI=1S/C23H32N6O3.C21H29N7O3.C20H26N6O3.C19H21N7O3/c1-15-9-16(2)12-28(11-15)13-17-5-4-6-18(10-17)14-29-21-19(25-23(29)30)20(24)26-22(27-21)32-8-7-31-3;1-26-6-8-27(9-7-26)13-15-4-3-5-16(12-15)14-28-19-17(23-21(28)29)18(22)24-20(25-19)31-11-10-30-2;1-28-7-8-29-19-24-17(21)16-18(25-19)26(20(27)23-16)12-15-4-2-3-14(9-15)11-22-10-13-5-6-13;1-28-7-8-29-18-23-16(20)15-17(24-18)26(19(27)22-15)11-14-4-2-3-13(9-14)10-25-6-5-21-12-25/h4-6,10,15-16H,7-9,11-14H2,1-3H3,(H,25,30)(H2,24,26,27);3-5,12H,6-11,13-14H2,1-2H3,(H,23,29)(H2,22,24,25);2-4,9,13,22H,5-8,10-12H2,1H3,(H,23,27)(H2,21,24,25);2-6,9,12H,7-8,10-11H2,1H3,(H,22,27)(H2,20,23,24). The molecular weight excluding hydrogens is 1550 g/mol. The first kappa shape index (κ1) is 86.4. The first-order valence-corrected chi connectivity index (χ1v) is 40.4. The van der Waals surface area contributed by atoms with E-state index in [2.05, 4.69) is 142 Å². The van der Waals surface area contributed by atoms with Crippen LogP contribution in [0.15, 0.2) is 135 Å². The highest BCUT2D eigenvalue weighted by Gasteiger charge is 2.25. The summed E-state index contributed by atoms with van der Waals surface area (Å²) in [5, 5.41) is 3.49. The van der Waals surface area contributed by atoms with Crippen LogP contribution >= 0.6 is 0 Å². The maximum Gasteiger partial charge on any atom is 0.328 e. The molecule has 38 nitrogen and oxygen atoms in total. The maximum absolute atomic E-state index is 12.7. The molecule has 0 radical (unpaired) electrons. The number of benzene rings is 4. The van der Waals surface area contributed by atoms with Gasteiger partial charge >= 0.3 is 46.8 Å². The van der Waals surface area contributed by atoms with Crippen molar-refractivity contribution >= 4 is 67.9 Å². The second-order valence-corrected chi connectivity index (χ2v) is 30.6. The van der Waals surface area contributed by atoms with E-state index in [-0.39, 0.29) is 76.7 Å². The molecule has 2 unspecified atom stereocenters. The molecular formula is C83H108N26O12. The van der Waals surface area contributed by atoms with Gasteiger partial charge in [0.25, 0.3) is 0 Å². The molecule has 16 rings (SSSR count). The van der Waals surface area contributed by atoms with Gasteiger partial charge in [0.15, 0.2) is 45.9 Å². The van der Waals surface area contributed by atoms with Gasteiger partial charge < -0.3 is 95.5 Å². The molecule has 0 amide bonds. The molecule has 11 heterocycles. The third kappa shape index (κ3) is 23.6. The number of likely N-dealkylation sites (N-methyl/N-ethyl adjacent to an activating group) is 1. The van der Waals surface area contributed by atoms with Crippen LogP contribution in [0.1, 0.15) is 77.6 Å². The highest BCUT2D eigenvalue weighted by Crippen LogP contribution is 2.29. The molecule has 0 bridgehead atoms. The number of methoxy groups -OCH3 is 4. The summed E-state index contributed by atoms with van der Waals surface area (Å²) in [7, 11) is 8.49. The van der Waals surface area contributed by atoms with Crippen molar-refractivity contribution in [3.05, 3.63) is 202 Å². The molecule has 4 aromatic carbocycles. The zero-order valence-corrected chi connectivity index (χ0v) is 69.4. The van der Waals surface area contributed by atoms with Crippen molar-refractivity contribution in [2.75, 3.05) is 157 Å². The predicted octanol–water partition coefficient (Wildman–Crippen LogP) is 5.07. The average Bonchev–Trinajstić information content (AvgIpc) is 1.65. The molecule has 642 valence electrons. The van der Waals surface area contributed by atoms with Crippen molar-refractivity contribution in [3.8, 4) is 24.0 Å². The Morgan fingerprint density at radius 1 is 0.413 bits per heavy atom. The minimum atomic E-state index is -0.310. The number of imidazole rings is 5. The van der Waals surface area contributed by atoms with Crippen molar-refractivity contribution in [2.45, 2.75) is 85.5 Å². The van der Waals surface area contributed by atoms with Gasteiger partial charge in [0.2, 0.25) is 0 Å². The van der Waals surface area contributed by atoms with Gasteiger partial charge in [-0.15, -0.1) is 0 Å².